The molecule has 0 aliphatic carbocycles. The van der Waals surface area contributed by atoms with Crippen molar-refractivity contribution in [3.8, 4) is 5.75 Å². The molecule has 4 nitrogen and oxygen atoms in total. The van der Waals surface area contributed by atoms with Gasteiger partial charge in [-0.2, -0.15) is 0 Å². The maximum Gasteiger partial charge on any atom is 0.257 e. The van der Waals surface area contributed by atoms with E-state index in [1.807, 2.05) is 0 Å². The minimum Gasteiger partial charge on any atom is -0.494 e. The van der Waals surface area contributed by atoms with Gasteiger partial charge in [0.15, 0.2) is 5.11 Å². The molecule has 0 fully saturated rings. The first-order chi connectivity index (χ1) is 13.0. The Morgan fingerprint density at radius 1 is 1.04 bits per heavy atom. The summed E-state index contributed by atoms with van der Waals surface area (Å²) in [5.41, 5.74) is 0.931. The van der Waals surface area contributed by atoms with Crippen LogP contribution in [0, 0.1) is 0 Å². The third kappa shape index (κ3) is 7.01. The highest BCUT2D eigenvalue weighted by atomic mass is 35.5. The van der Waals surface area contributed by atoms with Crippen LogP contribution in [-0.4, -0.2) is 17.6 Å². The van der Waals surface area contributed by atoms with Gasteiger partial charge < -0.3 is 10.1 Å². The number of para-hydroxylation sites is 1. The number of hydrogen-bond acceptors (Lipinski definition) is 3. The van der Waals surface area contributed by atoms with Crippen LogP contribution < -0.4 is 15.4 Å². The summed E-state index contributed by atoms with van der Waals surface area (Å²) in [7, 11) is 0. The van der Waals surface area contributed by atoms with Gasteiger partial charge in [0.05, 0.1) is 22.3 Å². The number of hydrogen-bond donors (Lipinski definition) is 2. The number of thiocarbonyl (C=S) groups is 1. The molecule has 0 aromatic heterocycles. The van der Waals surface area contributed by atoms with Crippen LogP contribution >= 0.6 is 35.4 Å². The second-order valence-corrected chi connectivity index (χ2v) is 7.16. The molecule has 0 radical (unpaired) electrons. The summed E-state index contributed by atoms with van der Waals surface area (Å²) >= 11 is 17.3. The van der Waals surface area contributed by atoms with Crippen LogP contribution in [-0.2, 0) is 0 Å². The van der Waals surface area contributed by atoms with Gasteiger partial charge in [0.2, 0.25) is 0 Å². The van der Waals surface area contributed by atoms with Gasteiger partial charge in [-0.15, -0.1) is 0 Å². The summed E-state index contributed by atoms with van der Waals surface area (Å²) in [6.07, 6.45) is 4.61. The van der Waals surface area contributed by atoms with Gasteiger partial charge in [0.1, 0.15) is 5.75 Å². The first kappa shape index (κ1) is 21.5. The number of carbonyl (C=O) groups excluding carboxylic acids is 1. The third-order valence-corrected chi connectivity index (χ3v) is 4.65. The molecule has 0 bridgehead atoms. The molecule has 0 saturated carbocycles. The zero-order chi connectivity index (χ0) is 19.6. The van der Waals surface area contributed by atoms with Crippen molar-refractivity contribution >= 4 is 52.1 Å². The molecule has 2 rings (SSSR count). The van der Waals surface area contributed by atoms with E-state index in [-0.39, 0.29) is 11.0 Å². The number of carbonyl (C=O) groups is 1. The van der Waals surface area contributed by atoms with Crippen molar-refractivity contribution < 1.29 is 9.53 Å². The van der Waals surface area contributed by atoms with Crippen LogP contribution in [0.4, 0.5) is 5.69 Å². The van der Waals surface area contributed by atoms with Crippen molar-refractivity contribution in [2.75, 3.05) is 11.9 Å². The first-order valence-corrected chi connectivity index (χ1v) is 9.97. The fourth-order valence-corrected chi connectivity index (χ4v) is 3.05. The number of anilines is 1. The molecule has 2 N–H and O–H groups in total. The van der Waals surface area contributed by atoms with Crippen molar-refractivity contribution in [1.82, 2.24) is 5.32 Å². The summed E-state index contributed by atoms with van der Waals surface area (Å²) in [6, 6.07) is 12.0. The molecule has 0 heterocycles. The lowest BCUT2D eigenvalue weighted by atomic mass is 10.2. The molecule has 0 aliphatic rings. The lowest BCUT2D eigenvalue weighted by molar-refractivity contribution is 0.0977. The number of benzene rings is 2. The van der Waals surface area contributed by atoms with Crippen LogP contribution in [0.2, 0.25) is 10.0 Å². The van der Waals surface area contributed by atoms with Crippen LogP contribution in [0.1, 0.15) is 43.0 Å². The van der Waals surface area contributed by atoms with E-state index in [4.69, 9.17) is 40.2 Å². The smallest absolute Gasteiger partial charge is 0.257 e. The molecule has 27 heavy (non-hydrogen) atoms. The molecule has 0 unspecified atom stereocenters. The SMILES string of the molecule is CCCCCCOc1ccc(C(=O)NC(=S)Nc2c(Cl)cccc2Cl)cc1. The van der Waals surface area contributed by atoms with Gasteiger partial charge in [-0.1, -0.05) is 55.5 Å². The largest absolute Gasteiger partial charge is 0.494 e. The molecular weight excluding hydrogens is 403 g/mol. The Hall–Kier alpha value is -1.82. The van der Waals surface area contributed by atoms with E-state index in [1.165, 1.54) is 12.8 Å². The van der Waals surface area contributed by atoms with Gasteiger partial charge in [0, 0.05) is 5.56 Å². The predicted octanol–water partition coefficient (Wildman–Crippen LogP) is 6.08. The van der Waals surface area contributed by atoms with E-state index in [0.717, 1.165) is 18.6 Å². The van der Waals surface area contributed by atoms with Crippen molar-refractivity contribution in [1.29, 1.82) is 0 Å². The van der Waals surface area contributed by atoms with E-state index < -0.39 is 0 Å². The molecule has 0 saturated heterocycles. The molecule has 0 spiro atoms. The standard InChI is InChI=1S/C20H22Cl2N2O2S/c1-2-3-4-5-13-26-15-11-9-14(10-12-15)19(25)24-20(27)23-18-16(21)7-6-8-17(18)22/h6-12H,2-5,13H2,1H3,(H2,23,24,25,27). The topological polar surface area (TPSA) is 50.4 Å². The normalized spacial score (nSPS) is 10.3. The van der Waals surface area contributed by atoms with Crippen molar-refractivity contribution in [2.24, 2.45) is 0 Å². The highest BCUT2D eigenvalue weighted by Crippen LogP contribution is 2.29. The number of ether oxygens (including phenoxy) is 1. The van der Waals surface area contributed by atoms with Gasteiger partial charge in [-0.3, -0.25) is 10.1 Å². The number of amides is 1. The van der Waals surface area contributed by atoms with E-state index in [9.17, 15) is 4.79 Å². The molecule has 0 atom stereocenters. The predicted molar refractivity (Wildman–Crippen MR) is 116 cm³/mol. The Morgan fingerprint density at radius 2 is 1.70 bits per heavy atom. The Bertz CT molecular complexity index is 762. The maximum absolute atomic E-state index is 12.3. The highest BCUT2D eigenvalue weighted by Gasteiger charge is 2.11. The summed E-state index contributed by atoms with van der Waals surface area (Å²) in [4.78, 5) is 12.3. The summed E-state index contributed by atoms with van der Waals surface area (Å²) in [5, 5.41) is 6.40. The number of halogens is 2. The fraction of sp³-hybridized carbons (Fsp3) is 0.300. The van der Waals surface area contributed by atoms with Crippen molar-refractivity contribution in [3.05, 3.63) is 58.1 Å². The van der Waals surface area contributed by atoms with Crippen molar-refractivity contribution in [3.63, 3.8) is 0 Å². The van der Waals surface area contributed by atoms with E-state index >= 15 is 0 Å². The van der Waals surface area contributed by atoms with Gasteiger partial charge in [0.25, 0.3) is 5.91 Å². The summed E-state index contributed by atoms with van der Waals surface area (Å²) < 4.78 is 5.67. The minimum atomic E-state index is -0.329. The Balaban J connectivity index is 1.85. The number of rotatable bonds is 8. The fourth-order valence-electron chi connectivity index (χ4n) is 2.36. The molecule has 2 aromatic rings. The van der Waals surface area contributed by atoms with E-state index in [0.29, 0.717) is 27.9 Å². The second-order valence-electron chi connectivity index (χ2n) is 5.94. The average molecular weight is 425 g/mol. The Morgan fingerprint density at radius 3 is 2.33 bits per heavy atom. The molecular formula is C20H22Cl2N2O2S. The molecule has 7 heteroatoms. The molecule has 2 aromatic carbocycles. The molecule has 144 valence electrons. The zero-order valence-corrected chi connectivity index (χ0v) is 17.4. The summed E-state index contributed by atoms with van der Waals surface area (Å²) in [6.45, 7) is 2.85. The average Bonchev–Trinajstić information content (AvgIpc) is 2.65. The van der Waals surface area contributed by atoms with Crippen LogP contribution in [0.3, 0.4) is 0 Å². The second kappa shape index (κ2) is 11.1. The number of unbranched alkanes of at least 4 members (excludes halogenated alkanes) is 3. The third-order valence-electron chi connectivity index (χ3n) is 3.81. The van der Waals surface area contributed by atoms with Crippen LogP contribution in [0.25, 0.3) is 0 Å². The lowest BCUT2D eigenvalue weighted by Crippen LogP contribution is -2.34. The van der Waals surface area contributed by atoms with Crippen LogP contribution in [0.5, 0.6) is 5.75 Å². The Kier molecular flexibility index (Phi) is 8.85. The Labute approximate surface area is 175 Å². The van der Waals surface area contributed by atoms with Gasteiger partial charge in [-0.05, 0) is 55.0 Å². The van der Waals surface area contributed by atoms with Crippen molar-refractivity contribution in [2.45, 2.75) is 32.6 Å². The van der Waals surface area contributed by atoms with Gasteiger partial charge >= 0.3 is 0 Å². The van der Waals surface area contributed by atoms with E-state index in [2.05, 4.69) is 17.6 Å². The zero-order valence-electron chi connectivity index (χ0n) is 15.1. The maximum atomic E-state index is 12.3. The number of nitrogens with one attached hydrogen (secondary N) is 2. The quantitative estimate of drug-likeness (QED) is 0.398. The monoisotopic (exact) mass is 424 g/mol. The first-order valence-electron chi connectivity index (χ1n) is 8.80. The van der Waals surface area contributed by atoms with E-state index in [1.54, 1.807) is 42.5 Å². The highest BCUT2D eigenvalue weighted by molar-refractivity contribution is 7.80. The lowest BCUT2D eigenvalue weighted by Gasteiger charge is -2.12. The molecule has 1 amide bonds. The molecule has 0 aliphatic heterocycles. The van der Waals surface area contributed by atoms with Crippen LogP contribution in [0.15, 0.2) is 42.5 Å². The minimum absolute atomic E-state index is 0.117. The summed E-state index contributed by atoms with van der Waals surface area (Å²) in [5.74, 6) is 0.414. The van der Waals surface area contributed by atoms with Gasteiger partial charge in [-0.25, -0.2) is 0 Å².